The molecule has 4 rings (SSSR count). The van der Waals surface area contributed by atoms with Gasteiger partial charge < -0.3 is 0 Å². The number of tetrazole rings is 1. The molecule has 30 heavy (non-hydrogen) atoms. The standard InChI is InChI=1S/C22H26N8/c1-5-8-19-24-21(22(2,3)4)27-30(19)14-16-12-11-15(13-23-16)17-9-6-7-10-18(17)20-25-28-29-26-20/h6-7,9-13H,5,8,14H2,1-4H3,(H,25,26,28,29). The van der Waals surface area contributed by atoms with E-state index in [0.717, 1.165) is 46.9 Å². The van der Waals surface area contributed by atoms with Crippen LogP contribution in [0.1, 0.15) is 51.5 Å². The van der Waals surface area contributed by atoms with Crippen LogP contribution in [0.15, 0.2) is 42.6 Å². The SMILES string of the molecule is CCCc1nc(C(C)(C)C)nn1Cc1ccc(-c2ccccc2-c2nn[nH]n2)cn1. The predicted octanol–water partition coefficient (Wildman–Crippen LogP) is 3.82. The Hall–Kier alpha value is -3.42. The van der Waals surface area contributed by atoms with E-state index in [1.807, 2.05) is 41.2 Å². The van der Waals surface area contributed by atoms with Gasteiger partial charge in [0.1, 0.15) is 5.82 Å². The Balaban J connectivity index is 1.61. The zero-order valence-corrected chi connectivity index (χ0v) is 17.8. The van der Waals surface area contributed by atoms with Crippen molar-refractivity contribution in [1.82, 2.24) is 40.4 Å². The van der Waals surface area contributed by atoms with Crippen LogP contribution < -0.4 is 0 Å². The average Bonchev–Trinajstić information content (AvgIpc) is 3.39. The van der Waals surface area contributed by atoms with E-state index >= 15 is 0 Å². The van der Waals surface area contributed by atoms with Crippen LogP contribution in [-0.2, 0) is 18.4 Å². The highest BCUT2D eigenvalue weighted by molar-refractivity contribution is 5.79. The lowest BCUT2D eigenvalue weighted by Crippen LogP contribution is -2.14. The molecule has 3 aromatic heterocycles. The molecule has 0 aliphatic heterocycles. The van der Waals surface area contributed by atoms with E-state index in [0.29, 0.717) is 12.4 Å². The monoisotopic (exact) mass is 402 g/mol. The fraction of sp³-hybridized carbons (Fsp3) is 0.364. The van der Waals surface area contributed by atoms with Crippen LogP contribution in [0.3, 0.4) is 0 Å². The van der Waals surface area contributed by atoms with Gasteiger partial charge in [-0.05, 0) is 23.3 Å². The molecule has 0 atom stereocenters. The van der Waals surface area contributed by atoms with Crippen molar-refractivity contribution in [2.24, 2.45) is 0 Å². The summed E-state index contributed by atoms with van der Waals surface area (Å²) in [5.74, 6) is 2.45. The summed E-state index contributed by atoms with van der Waals surface area (Å²) in [6.07, 6.45) is 3.82. The van der Waals surface area contributed by atoms with Gasteiger partial charge >= 0.3 is 0 Å². The van der Waals surface area contributed by atoms with Crippen molar-refractivity contribution in [1.29, 1.82) is 0 Å². The summed E-state index contributed by atoms with van der Waals surface area (Å²) in [4.78, 5) is 9.47. The molecule has 0 radical (unpaired) electrons. The molecule has 0 unspecified atom stereocenters. The number of nitrogens with zero attached hydrogens (tertiary/aromatic N) is 7. The third-order valence-corrected chi connectivity index (χ3v) is 4.85. The van der Waals surface area contributed by atoms with E-state index in [1.54, 1.807) is 0 Å². The zero-order valence-electron chi connectivity index (χ0n) is 17.8. The highest BCUT2D eigenvalue weighted by Crippen LogP contribution is 2.29. The molecular weight excluding hydrogens is 376 g/mol. The lowest BCUT2D eigenvalue weighted by Gasteiger charge is -2.12. The summed E-state index contributed by atoms with van der Waals surface area (Å²) < 4.78 is 1.99. The van der Waals surface area contributed by atoms with Crippen LogP contribution >= 0.6 is 0 Å². The maximum atomic E-state index is 4.77. The molecule has 0 amide bonds. The quantitative estimate of drug-likeness (QED) is 0.526. The first-order valence-electron chi connectivity index (χ1n) is 10.2. The molecule has 3 heterocycles. The second-order valence-electron chi connectivity index (χ2n) is 8.33. The van der Waals surface area contributed by atoms with Crippen molar-refractivity contribution in [3.05, 3.63) is 59.9 Å². The first-order chi connectivity index (χ1) is 14.5. The Morgan fingerprint density at radius 1 is 1.03 bits per heavy atom. The Morgan fingerprint density at radius 2 is 1.83 bits per heavy atom. The predicted molar refractivity (Wildman–Crippen MR) is 115 cm³/mol. The lowest BCUT2D eigenvalue weighted by molar-refractivity contribution is 0.531. The molecule has 0 aliphatic carbocycles. The molecule has 4 aromatic rings. The van der Waals surface area contributed by atoms with Gasteiger partial charge in [0, 0.05) is 29.2 Å². The average molecular weight is 403 g/mol. The summed E-state index contributed by atoms with van der Waals surface area (Å²) in [6.45, 7) is 9.17. The van der Waals surface area contributed by atoms with Crippen LogP contribution in [0.25, 0.3) is 22.5 Å². The Kier molecular flexibility index (Phi) is 5.39. The zero-order chi connectivity index (χ0) is 21.1. The van der Waals surface area contributed by atoms with Gasteiger partial charge in [0.05, 0.1) is 12.2 Å². The maximum absolute atomic E-state index is 4.77. The second-order valence-corrected chi connectivity index (χ2v) is 8.33. The summed E-state index contributed by atoms with van der Waals surface area (Å²) in [6, 6.07) is 12.1. The van der Waals surface area contributed by atoms with Crippen molar-refractivity contribution in [2.45, 2.75) is 52.5 Å². The molecule has 154 valence electrons. The molecule has 0 spiro atoms. The molecular formula is C22H26N8. The number of hydrogen-bond acceptors (Lipinski definition) is 6. The topological polar surface area (TPSA) is 98.1 Å². The molecule has 0 aliphatic rings. The smallest absolute Gasteiger partial charge is 0.205 e. The van der Waals surface area contributed by atoms with Crippen molar-refractivity contribution >= 4 is 0 Å². The largest absolute Gasteiger partial charge is 0.259 e. The third-order valence-electron chi connectivity index (χ3n) is 4.85. The van der Waals surface area contributed by atoms with Crippen LogP contribution in [0.5, 0.6) is 0 Å². The number of benzene rings is 1. The number of aryl methyl sites for hydroxylation is 1. The third kappa shape index (κ3) is 4.12. The number of rotatable bonds is 6. The number of H-pyrrole nitrogens is 1. The van der Waals surface area contributed by atoms with Gasteiger partial charge in [0.2, 0.25) is 5.82 Å². The van der Waals surface area contributed by atoms with Crippen LogP contribution in [0.2, 0.25) is 0 Å². The number of nitrogens with one attached hydrogen (secondary N) is 1. The van der Waals surface area contributed by atoms with Crippen molar-refractivity contribution in [2.75, 3.05) is 0 Å². The number of pyridine rings is 1. The fourth-order valence-electron chi connectivity index (χ4n) is 3.26. The Labute approximate surface area is 175 Å². The molecule has 0 bridgehead atoms. The van der Waals surface area contributed by atoms with Crippen LogP contribution in [0.4, 0.5) is 0 Å². The molecule has 8 heteroatoms. The minimum Gasteiger partial charge on any atom is -0.259 e. The molecule has 0 saturated carbocycles. The van der Waals surface area contributed by atoms with Crippen molar-refractivity contribution in [3.63, 3.8) is 0 Å². The second kappa shape index (κ2) is 8.14. The van der Waals surface area contributed by atoms with Crippen molar-refractivity contribution < 1.29 is 0 Å². The van der Waals surface area contributed by atoms with E-state index in [-0.39, 0.29) is 5.41 Å². The van der Waals surface area contributed by atoms with E-state index in [9.17, 15) is 0 Å². The van der Waals surface area contributed by atoms with E-state index in [2.05, 4.69) is 54.4 Å². The lowest BCUT2D eigenvalue weighted by atomic mass is 9.96. The number of aromatic amines is 1. The fourth-order valence-corrected chi connectivity index (χ4v) is 3.26. The van der Waals surface area contributed by atoms with Gasteiger partial charge in [0.15, 0.2) is 5.82 Å². The molecule has 1 aromatic carbocycles. The molecule has 8 nitrogen and oxygen atoms in total. The van der Waals surface area contributed by atoms with Gasteiger partial charge in [-0.1, -0.05) is 58.0 Å². The minimum atomic E-state index is -0.0795. The first kappa shape index (κ1) is 19.9. The highest BCUT2D eigenvalue weighted by atomic mass is 15.5. The molecule has 0 saturated heterocycles. The molecule has 0 fully saturated rings. The maximum Gasteiger partial charge on any atom is 0.205 e. The Morgan fingerprint density at radius 3 is 2.47 bits per heavy atom. The summed E-state index contributed by atoms with van der Waals surface area (Å²) in [5.41, 5.74) is 3.79. The molecule has 1 N–H and O–H groups in total. The summed E-state index contributed by atoms with van der Waals surface area (Å²) >= 11 is 0. The van der Waals surface area contributed by atoms with Gasteiger partial charge in [-0.2, -0.15) is 10.3 Å². The van der Waals surface area contributed by atoms with Gasteiger partial charge in [-0.25, -0.2) is 9.67 Å². The summed E-state index contributed by atoms with van der Waals surface area (Å²) in [5, 5.41) is 19.2. The number of hydrogen-bond donors (Lipinski definition) is 1. The van der Waals surface area contributed by atoms with E-state index in [1.165, 1.54) is 0 Å². The number of aromatic nitrogens is 8. The van der Waals surface area contributed by atoms with Crippen molar-refractivity contribution in [3.8, 4) is 22.5 Å². The highest BCUT2D eigenvalue weighted by Gasteiger charge is 2.21. The minimum absolute atomic E-state index is 0.0795. The van der Waals surface area contributed by atoms with Gasteiger partial charge in [-0.3, -0.25) is 4.98 Å². The van der Waals surface area contributed by atoms with E-state index in [4.69, 9.17) is 15.1 Å². The van der Waals surface area contributed by atoms with Gasteiger partial charge in [-0.15, -0.1) is 10.2 Å². The first-order valence-corrected chi connectivity index (χ1v) is 10.2. The normalized spacial score (nSPS) is 11.7. The summed E-state index contributed by atoms with van der Waals surface area (Å²) in [7, 11) is 0. The Bertz CT molecular complexity index is 1110. The van der Waals surface area contributed by atoms with Crippen LogP contribution in [-0.4, -0.2) is 40.4 Å². The van der Waals surface area contributed by atoms with Gasteiger partial charge in [0.25, 0.3) is 0 Å². The van der Waals surface area contributed by atoms with Crippen LogP contribution in [0, 0.1) is 0 Å². The van der Waals surface area contributed by atoms with E-state index < -0.39 is 0 Å².